The summed E-state index contributed by atoms with van der Waals surface area (Å²) in [4.78, 5) is 11.8. The lowest BCUT2D eigenvalue weighted by Gasteiger charge is -2.50. The Balaban J connectivity index is 2.11. The molecule has 0 aliphatic heterocycles. The highest BCUT2D eigenvalue weighted by atomic mass is 16.4. The Morgan fingerprint density at radius 2 is 2.00 bits per heavy atom. The highest BCUT2D eigenvalue weighted by molar-refractivity contribution is 5.67. The summed E-state index contributed by atoms with van der Waals surface area (Å²) in [6, 6.07) is 2.04. The quantitative estimate of drug-likeness (QED) is 0.283. The Labute approximate surface area is 184 Å². The van der Waals surface area contributed by atoms with Gasteiger partial charge in [0.1, 0.15) is 0 Å². The number of nitrogens with zero attached hydrogens (tertiary/aromatic N) is 1. The van der Waals surface area contributed by atoms with Gasteiger partial charge in [-0.3, -0.25) is 4.79 Å². The zero-order valence-electron chi connectivity index (χ0n) is 19.7. The number of carbonyl (C=O) groups is 1. The van der Waals surface area contributed by atoms with Crippen LogP contribution in [0.25, 0.3) is 0 Å². The Hall–Kier alpha value is -1.56. The highest BCUT2D eigenvalue weighted by Crippen LogP contribution is 2.62. The molecule has 2 fully saturated rings. The van der Waals surface area contributed by atoms with Crippen molar-refractivity contribution in [2.24, 2.45) is 40.9 Å². The van der Waals surface area contributed by atoms with Crippen LogP contribution >= 0.6 is 0 Å². The summed E-state index contributed by atoms with van der Waals surface area (Å²) in [6.45, 7) is 13.9. The van der Waals surface area contributed by atoms with Gasteiger partial charge < -0.3 is 5.11 Å². The summed E-state index contributed by atoms with van der Waals surface area (Å²) in [6.07, 6.45) is 14.0. The van der Waals surface area contributed by atoms with Crippen molar-refractivity contribution in [3.8, 4) is 6.07 Å². The minimum atomic E-state index is -0.667. The van der Waals surface area contributed by atoms with Crippen molar-refractivity contribution in [2.75, 3.05) is 0 Å². The van der Waals surface area contributed by atoms with Gasteiger partial charge in [-0.15, -0.1) is 0 Å². The maximum Gasteiger partial charge on any atom is 0.303 e. The third kappa shape index (κ3) is 5.99. The summed E-state index contributed by atoms with van der Waals surface area (Å²) in [5.74, 6) is 2.56. The SMILES string of the molecule is C=C(CCC=CC#N)[C@H]1CC[C@@]2(C)C(CC[C@@H]2C(C)CCCC(C)C)[C@@H]1CC(=O)O. The van der Waals surface area contributed by atoms with Crippen LogP contribution in [0.15, 0.2) is 24.3 Å². The molecule has 0 heterocycles. The van der Waals surface area contributed by atoms with Gasteiger partial charge in [-0.25, -0.2) is 0 Å². The van der Waals surface area contributed by atoms with Crippen LogP contribution in [-0.4, -0.2) is 11.1 Å². The number of carboxylic acids is 1. The number of hydrogen-bond acceptors (Lipinski definition) is 2. The first-order valence-corrected chi connectivity index (χ1v) is 12.1. The van der Waals surface area contributed by atoms with Crippen molar-refractivity contribution in [3.05, 3.63) is 24.3 Å². The number of hydrogen-bond donors (Lipinski definition) is 1. The second-order valence-corrected chi connectivity index (χ2v) is 10.7. The number of carboxylic acid groups (broad SMARTS) is 1. The molecule has 2 unspecified atom stereocenters. The molecule has 3 heteroatoms. The van der Waals surface area contributed by atoms with Crippen LogP contribution in [0, 0.1) is 52.3 Å². The Bertz CT molecular complexity index is 658. The van der Waals surface area contributed by atoms with E-state index in [1.807, 2.05) is 12.1 Å². The molecule has 168 valence electrons. The second kappa shape index (κ2) is 11.2. The monoisotopic (exact) mass is 413 g/mol. The number of allylic oxidation sites excluding steroid dienone is 3. The van der Waals surface area contributed by atoms with Crippen molar-refractivity contribution in [1.82, 2.24) is 0 Å². The molecule has 0 amide bonds. The molecule has 2 aliphatic carbocycles. The van der Waals surface area contributed by atoms with E-state index in [1.165, 1.54) is 50.2 Å². The number of aliphatic carboxylic acids is 1. The van der Waals surface area contributed by atoms with Crippen LogP contribution in [0.1, 0.15) is 91.9 Å². The van der Waals surface area contributed by atoms with Crippen LogP contribution in [-0.2, 0) is 4.79 Å². The summed E-state index contributed by atoms with van der Waals surface area (Å²) < 4.78 is 0. The predicted molar refractivity (Wildman–Crippen MR) is 124 cm³/mol. The van der Waals surface area contributed by atoms with Gasteiger partial charge in [0.15, 0.2) is 0 Å². The van der Waals surface area contributed by atoms with E-state index in [0.717, 1.165) is 37.0 Å². The molecule has 3 nitrogen and oxygen atoms in total. The zero-order chi connectivity index (χ0) is 22.3. The van der Waals surface area contributed by atoms with E-state index in [0.29, 0.717) is 11.8 Å². The maximum atomic E-state index is 11.8. The second-order valence-electron chi connectivity index (χ2n) is 10.7. The molecule has 2 rings (SSSR count). The average Bonchev–Trinajstić information content (AvgIpc) is 3.02. The van der Waals surface area contributed by atoms with Gasteiger partial charge in [0.2, 0.25) is 0 Å². The lowest BCUT2D eigenvalue weighted by molar-refractivity contribution is -0.140. The summed E-state index contributed by atoms with van der Waals surface area (Å²) in [5, 5.41) is 18.4. The van der Waals surface area contributed by atoms with Gasteiger partial charge in [0, 0.05) is 12.5 Å². The van der Waals surface area contributed by atoms with Crippen LogP contribution in [0.5, 0.6) is 0 Å². The van der Waals surface area contributed by atoms with Crippen LogP contribution in [0.3, 0.4) is 0 Å². The predicted octanol–water partition coefficient (Wildman–Crippen LogP) is 7.40. The molecule has 30 heavy (non-hydrogen) atoms. The zero-order valence-corrected chi connectivity index (χ0v) is 19.7. The third-order valence-corrected chi connectivity index (χ3v) is 8.40. The first-order chi connectivity index (χ1) is 14.2. The van der Waals surface area contributed by atoms with Gasteiger partial charge in [-0.2, -0.15) is 5.26 Å². The van der Waals surface area contributed by atoms with E-state index in [2.05, 4.69) is 34.3 Å². The largest absolute Gasteiger partial charge is 0.481 e. The van der Waals surface area contributed by atoms with Crippen molar-refractivity contribution in [3.63, 3.8) is 0 Å². The van der Waals surface area contributed by atoms with Gasteiger partial charge in [-0.05, 0) is 79.4 Å². The number of fused-ring (bicyclic) bond motifs is 1. The van der Waals surface area contributed by atoms with Gasteiger partial charge in [0.25, 0.3) is 0 Å². The smallest absolute Gasteiger partial charge is 0.303 e. The molecule has 2 saturated carbocycles. The molecular formula is C27H43NO2. The summed E-state index contributed by atoms with van der Waals surface area (Å²) >= 11 is 0. The Morgan fingerprint density at radius 1 is 1.27 bits per heavy atom. The first kappa shape index (κ1) is 24.7. The molecule has 0 spiro atoms. The van der Waals surface area contributed by atoms with Gasteiger partial charge in [0.05, 0.1) is 6.07 Å². The normalized spacial score (nSPS) is 32.1. The van der Waals surface area contributed by atoms with E-state index in [-0.39, 0.29) is 17.8 Å². The molecule has 2 aliphatic rings. The molecule has 6 atom stereocenters. The van der Waals surface area contributed by atoms with Crippen molar-refractivity contribution in [1.29, 1.82) is 5.26 Å². The minimum absolute atomic E-state index is 0.210. The molecule has 0 aromatic heterocycles. The Kier molecular flexibility index (Phi) is 9.20. The minimum Gasteiger partial charge on any atom is -0.481 e. The first-order valence-electron chi connectivity index (χ1n) is 12.1. The van der Waals surface area contributed by atoms with E-state index in [1.54, 1.807) is 0 Å². The van der Waals surface area contributed by atoms with E-state index in [4.69, 9.17) is 5.26 Å². The molecule has 1 N–H and O–H groups in total. The van der Waals surface area contributed by atoms with Gasteiger partial charge in [-0.1, -0.05) is 65.2 Å². The number of nitriles is 1. The van der Waals surface area contributed by atoms with Crippen molar-refractivity contribution in [2.45, 2.75) is 91.9 Å². The van der Waals surface area contributed by atoms with Crippen molar-refractivity contribution < 1.29 is 9.90 Å². The fraction of sp³-hybridized carbons (Fsp3) is 0.778. The van der Waals surface area contributed by atoms with Gasteiger partial charge >= 0.3 is 5.97 Å². The third-order valence-electron chi connectivity index (χ3n) is 8.40. The van der Waals surface area contributed by atoms with Crippen LogP contribution in [0.4, 0.5) is 0 Å². The fourth-order valence-corrected chi connectivity index (χ4v) is 6.90. The average molecular weight is 414 g/mol. The summed E-state index contributed by atoms with van der Waals surface area (Å²) in [7, 11) is 0. The molecule has 0 radical (unpaired) electrons. The molecule has 0 bridgehead atoms. The fourth-order valence-electron chi connectivity index (χ4n) is 6.90. The molecule has 0 saturated heterocycles. The van der Waals surface area contributed by atoms with E-state index >= 15 is 0 Å². The van der Waals surface area contributed by atoms with E-state index < -0.39 is 5.97 Å². The summed E-state index contributed by atoms with van der Waals surface area (Å²) in [5.41, 5.74) is 1.47. The maximum absolute atomic E-state index is 11.8. The van der Waals surface area contributed by atoms with Crippen LogP contribution in [0.2, 0.25) is 0 Å². The standard InChI is InChI=1S/C27H43NO2/c1-19(2)10-9-12-21(4)24-13-14-25-23(18-26(29)30)22(15-16-27(24,25)5)20(3)11-7-6-8-17-28/h6,8,19,21-25H,3,7,9-16,18H2,1-2,4-5H3,(H,29,30)/t21?,22-,23-,24-,25?,27-/m1/s1. The molecule has 0 aromatic rings. The van der Waals surface area contributed by atoms with Crippen LogP contribution < -0.4 is 0 Å². The lowest BCUT2D eigenvalue weighted by Crippen LogP contribution is -2.44. The number of rotatable bonds is 11. The lowest BCUT2D eigenvalue weighted by atomic mass is 9.54. The molecular weight excluding hydrogens is 370 g/mol. The Morgan fingerprint density at radius 3 is 2.63 bits per heavy atom. The topological polar surface area (TPSA) is 61.1 Å². The molecule has 0 aromatic carbocycles. The van der Waals surface area contributed by atoms with Crippen molar-refractivity contribution >= 4 is 5.97 Å². The van der Waals surface area contributed by atoms with E-state index in [9.17, 15) is 9.90 Å². The highest BCUT2D eigenvalue weighted by Gasteiger charge is 2.55.